The molecule has 107 valence electrons. The van der Waals surface area contributed by atoms with Gasteiger partial charge in [0.25, 0.3) is 0 Å². The second-order valence-corrected chi connectivity index (χ2v) is 11.2. The standard InChI is InChI=1S/C15H34P.ClH/c1-5-6-7-8-9-10-11-12-13-14-15-16(2,3)4;/h5-15H2,1-4H3;1H. The zero-order valence-electron chi connectivity index (χ0n) is 12.6. The molecule has 0 aliphatic heterocycles. The molecule has 0 aliphatic carbocycles. The molecule has 0 unspecified atom stereocenters. The van der Waals surface area contributed by atoms with Crippen LogP contribution in [0.15, 0.2) is 0 Å². The molecule has 0 aromatic rings. The average molecular weight is 282 g/mol. The Morgan fingerprint density at radius 1 is 0.588 bits per heavy atom. The molecule has 0 saturated carbocycles. The van der Waals surface area contributed by atoms with E-state index in [1.54, 1.807) is 0 Å². The highest BCUT2D eigenvalue weighted by atomic mass is 35.5. The van der Waals surface area contributed by atoms with E-state index in [-0.39, 0.29) is 12.4 Å². The summed E-state index contributed by atoms with van der Waals surface area (Å²) in [5.74, 6) is 0. The van der Waals surface area contributed by atoms with Gasteiger partial charge in [-0.1, -0.05) is 64.7 Å². The van der Waals surface area contributed by atoms with Gasteiger partial charge in [-0.25, -0.2) is 0 Å². The fraction of sp³-hybridized carbons (Fsp3) is 1.00. The van der Waals surface area contributed by atoms with Crippen LogP contribution in [0.25, 0.3) is 0 Å². The first kappa shape index (κ1) is 20.0. The third-order valence-electron chi connectivity index (χ3n) is 3.18. The number of hydrogen-bond acceptors (Lipinski definition) is 0. The van der Waals surface area contributed by atoms with Gasteiger partial charge in [0, 0.05) is 0 Å². The van der Waals surface area contributed by atoms with Crippen molar-refractivity contribution in [2.45, 2.75) is 71.1 Å². The fourth-order valence-electron chi connectivity index (χ4n) is 2.07. The van der Waals surface area contributed by atoms with Crippen molar-refractivity contribution in [1.29, 1.82) is 0 Å². The maximum atomic E-state index is 2.46. The third-order valence-corrected chi connectivity index (χ3v) is 4.84. The van der Waals surface area contributed by atoms with Crippen LogP contribution >= 0.6 is 19.7 Å². The Morgan fingerprint density at radius 2 is 0.941 bits per heavy atom. The second-order valence-electron chi connectivity index (χ2n) is 6.20. The van der Waals surface area contributed by atoms with Crippen molar-refractivity contribution in [1.82, 2.24) is 0 Å². The van der Waals surface area contributed by atoms with Gasteiger partial charge in [-0.05, 0) is 32.6 Å². The Morgan fingerprint density at radius 3 is 1.29 bits per heavy atom. The van der Waals surface area contributed by atoms with Gasteiger partial charge < -0.3 is 0 Å². The Hall–Kier alpha value is 0.720. The number of rotatable bonds is 11. The molecule has 17 heavy (non-hydrogen) atoms. The molecule has 0 nitrogen and oxygen atoms in total. The van der Waals surface area contributed by atoms with Gasteiger partial charge in [-0.3, -0.25) is 0 Å². The van der Waals surface area contributed by atoms with Crippen LogP contribution in [0.1, 0.15) is 71.1 Å². The Kier molecular flexibility index (Phi) is 15.5. The highest BCUT2D eigenvalue weighted by Gasteiger charge is 2.05. The van der Waals surface area contributed by atoms with Gasteiger partial charge in [-0.2, -0.15) is 0 Å². The van der Waals surface area contributed by atoms with Crippen molar-refractivity contribution in [3.63, 3.8) is 0 Å². The lowest BCUT2D eigenvalue weighted by Gasteiger charge is -2.20. The molecule has 1 radical (unpaired) electrons. The molecule has 0 aromatic carbocycles. The minimum atomic E-state index is -0.490. The smallest absolute Gasteiger partial charge is 0.0366 e. The lowest BCUT2D eigenvalue weighted by molar-refractivity contribution is 0.562. The average Bonchev–Trinajstić information content (AvgIpc) is 2.19. The third kappa shape index (κ3) is 19.2. The van der Waals surface area contributed by atoms with E-state index < -0.39 is 7.26 Å². The van der Waals surface area contributed by atoms with Gasteiger partial charge in [-0.15, -0.1) is 19.7 Å². The highest BCUT2D eigenvalue weighted by Crippen LogP contribution is 2.47. The molecule has 0 saturated heterocycles. The Labute approximate surface area is 117 Å². The van der Waals surface area contributed by atoms with Gasteiger partial charge >= 0.3 is 0 Å². The van der Waals surface area contributed by atoms with Gasteiger partial charge in [0.2, 0.25) is 0 Å². The van der Waals surface area contributed by atoms with E-state index in [2.05, 4.69) is 26.9 Å². The summed E-state index contributed by atoms with van der Waals surface area (Å²) in [4.78, 5) is 0. The molecule has 0 aliphatic rings. The van der Waals surface area contributed by atoms with Crippen molar-refractivity contribution in [3.05, 3.63) is 0 Å². The first-order valence-electron chi connectivity index (χ1n) is 7.36. The molecular formula is C15H35ClP. The van der Waals surface area contributed by atoms with Crippen LogP contribution < -0.4 is 0 Å². The summed E-state index contributed by atoms with van der Waals surface area (Å²) in [6.07, 6.45) is 16.1. The van der Waals surface area contributed by atoms with E-state index in [9.17, 15) is 0 Å². The Balaban J connectivity index is 0. The van der Waals surface area contributed by atoms with Crippen LogP contribution in [-0.2, 0) is 0 Å². The maximum absolute atomic E-state index is 2.46. The van der Waals surface area contributed by atoms with E-state index in [4.69, 9.17) is 0 Å². The zero-order chi connectivity index (χ0) is 12.3. The molecule has 0 atom stereocenters. The van der Waals surface area contributed by atoms with Gasteiger partial charge in [0.05, 0.1) is 0 Å². The van der Waals surface area contributed by atoms with Crippen LogP contribution in [0.3, 0.4) is 0 Å². The monoisotopic (exact) mass is 281 g/mol. The fourth-order valence-corrected chi connectivity index (χ4v) is 3.25. The summed E-state index contributed by atoms with van der Waals surface area (Å²) in [7, 11) is -0.490. The summed E-state index contributed by atoms with van der Waals surface area (Å²) >= 11 is 0. The molecule has 0 spiro atoms. The molecule has 0 aromatic heterocycles. The molecule has 0 N–H and O–H groups in total. The lowest BCUT2D eigenvalue weighted by Crippen LogP contribution is -1.92. The maximum Gasteiger partial charge on any atom is -0.0366 e. The largest absolute Gasteiger partial charge is 0.147 e. The molecule has 0 rings (SSSR count). The van der Waals surface area contributed by atoms with Crippen LogP contribution in [0.5, 0.6) is 0 Å². The molecule has 0 amide bonds. The van der Waals surface area contributed by atoms with Crippen LogP contribution in [0, 0.1) is 0 Å². The molecule has 0 heterocycles. The predicted molar refractivity (Wildman–Crippen MR) is 88.7 cm³/mol. The van der Waals surface area contributed by atoms with Crippen LogP contribution in [0.2, 0.25) is 0 Å². The minimum absolute atomic E-state index is 0. The van der Waals surface area contributed by atoms with E-state index in [0.29, 0.717) is 0 Å². The van der Waals surface area contributed by atoms with Crippen LogP contribution in [-0.4, -0.2) is 26.2 Å². The Bertz CT molecular complexity index is 140. The quantitative estimate of drug-likeness (QED) is 0.311. The molecule has 0 fully saturated rings. The summed E-state index contributed by atoms with van der Waals surface area (Å²) in [5, 5.41) is 0. The van der Waals surface area contributed by atoms with Crippen molar-refractivity contribution in [2.24, 2.45) is 0 Å². The number of hydrogen-bond donors (Lipinski definition) is 0. The first-order valence-corrected chi connectivity index (χ1v) is 10.7. The minimum Gasteiger partial charge on any atom is -0.147 e. The van der Waals surface area contributed by atoms with Crippen molar-refractivity contribution in [3.8, 4) is 0 Å². The number of halogens is 1. The van der Waals surface area contributed by atoms with Crippen LogP contribution in [0.4, 0.5) is 0 Å². The van der Waals surface area contributed by atoms with E-state index in [0.717, 1.165) is 0 Å². The summed E-state index contributed by atoms with van der Waals surface area (Å²) in [5.41, 5.74) is 0. The number of unbranched alkanes of at least 4 members (excludes halogenated alkanes) is 9. The summed E-state index contributed by atoms with van der Waals surface area (Å²) < 4.78 is 0. The van der Waals surface area contributed by atoms with Crippen molar-refractivity contribution >= 4 is 19.7 Å². The zero-order valence-corrected chi connectivity index (χ0v) is 14.3. The lowest BCUT2D eigenvalue weighted by atomic mass is 10.1. The van der Waals surface area contributed by atoms with E-state index in [1.807, 2.05) is 0 Å². The van der Waals surface area contributed by atoms with E-state index in [1.165, 1.54) is 70.4 Å². The topological polar surface area (TPSA) is 0 Å². The first-order chi connectivity index (χ1) is 7.56. The molecule has 2 heteroatoms. The predicted octanol–water partition coefficient (Wildman–Crippen LogP) is 6.24. The van der Waals surface area contributed by atoms with Crippen molar-refractivity contribution in [2.75, 3.05) is 26.2 Å². The SMILES string of the molecule is CCCCCCCCCCCC[P](C)(C)C.Cl. The van der Waals surface area contributed by atoms with E-state index >= 15 is 0 Å². The van der Waals surface area contributed by atoms with Gasteiger partial charge in [0.15, 0.2) is 0 Å². The summed E-state index contributed by atoms with van der Waals surface area (Å²) in [6.45, 7) is 9.67. The highest BCUT2D eigenvalue weighted by molar-refractivity contribution is 7.73. The normalized spacial score (nSPS) is 11.3. The molecule has 0 bridgehead atoms. The second kappa shape index (κ2) is 13.2. The molecular weight excluding hydrogens is 247 g/mol. The van der Waals surface area contributed by atoms with Gasteiger partial charge in [0.1, 0.15) is 0 Å². The summed E-state index contributed by atoms with van der Waals surface area (Å²) in [6, 6.07) is 0. The van der Waals surface area contributed by atoms with Crippen molar-refractivity contribution < 1.29 is 0 Å².